The molecule has 1 aliphatic carbocycles. The molecular formula is C13H15IN2O2. The fourth-order valence-electron chi connectivity index (χ4n) is 1.54. The molecule has 0 aliphatic heterocycles. The van der Waals surface area contributed by atoms with Gasteiger partial charge in [0.25, 0.3) is 5.91 Å². The van der Waals surface area contributed by atoms with Crippen molar-refractivity contribution in [3.8, 4) is 0 Å². The van der Waals surface area contributed by atoms with E-state index in [-0.39, 0.29) is 11.8 Å². The van der Waals surface area contributed by atoms with Crippen molar-refractivity contribution in [2.24, 2.45) is 0 Å². The summed E-state index contributed by atoms with van der Waals surface area (Å²) in [6.45, 7) is 1.70. The van der Waals surface area contributed by atoms with Crippen molar-refractivity contribution in [1.29, 1.82) is 0 Å². The average Bonchev–Trinajstić information content (AvgIpc) is 3.13. The number of carbonyl (C=O) groups excluding carboxylic acids is 2. The largest absolute Gasteiger partial charge is 0.352 e. The van der Waals surface area contributed by atoms with Crippen LogP contribution >= 0.6 is 22.6 Å². The lowest BCUT2D eigenvalue weighted by atomic mass is 10.2. The fraction of sp³-hybridized carbons (Fsp3) is 0.385. The van der Waals surface area contributed by atoms with Crippen LogP contribution in [0.25, 0.3) is 0 Å². The lowest BCUT2D eigenvalue weighted by Gasteiger charge is -2.14. The lowest BCUT2D eigenvalue weighted by Crippen LogP contribution is -2.45. The molecule has 18 heavy (non-hydrogen) atoms. The molecule has 1 unspecified atom stereocenters. The van der Waals surface area contributed by atoms with Gasteiger partial charge in [-0.1, -0.05) is 12.1 Å². The first-order chi connectivity index (χ1) is 8.58. The van der Waals surface area contributed by atoms with Gasteiger partial charge in [0.15, 0.2) is 0 Å². The van der Waals surface area contributed by atoms with E-state index in [0.717, 1.165) is 16.4 Å². The van der Waals surface area contributed by atoms with Gasteiger partial charge < -0.3 is 10.6 Å². The first kappa shape index (κ1) is 13.3. The number of hydrogen-bond acceptors (Lipinski definition) is 2. The molecule has 1 aromatic carbocycles. The van der Waals surface area contributed by atoms with Gasteiger partial charge in [0.05, 0.1) is 5.56 Å². The highest BCUT2D eigenvalue weighted by atomic mass is 127. The Morgan fingerprint density at radius 2 is 2.00 bits per heavy atom. The first-order valence-electron chi connectivity index (χ1n) is 5.93. The van der Waals surface area contributed by atoms with Crippen molar-refractivity contribution < 1.29 is 9.59 Å². The van der Waals surface area contributed by atoms with E-state index in [9.17, 15) is 9.59 Å². The summed E-state index contributed by atoms with van der Waals surface area (Å²) >= 11 is 2.11. The Morgan fingerprint density at radius 1 is 1.33 bits per heavy atom. The maximum atomic E-state index is 12.0. The third kappa shape index (κ3) is 3.44. The van der Waals surface area contributed by atoms with Crippen LogP contribution in [-0.4, -0.2) is 23.9 Å². The highest BCUT2D eigenvalue weighted by Crippen LogP contribution is 2.18. The highest BCUT2D eigenvalue weighted by Gasteiger charge is 2.26. The summed E-state index contributed by atoms with van der Waals surface area (Å²) in [4.78, 5) is 23.7. The van der Waals surface area contributed by atoms with Crippen molar-refractivity contribution in [2.45, 2.75) is 31.8 Å². The molecule has 1 aromatic rings. The molecule has 0 radical (unpaired) electrons. The summed E-state index contributed by atoms with van der Waals surface area (Å²) in [5.41, 5.74) is 0.601. The van der Waals surface area contributed by atoms with Crippen LogP contribution in [-0.2, 0) is 4.79 Å². The lowest BCUT2D eigenvalue weighted by molar-refractivity contribution is -0.122. The van der Waals surface area contributed by atoms with E-state index in [1.807, 2.05) is 18.2 Å². The molecule has 0 saturated heterocycles. The van der Waals surface area contributed by atoms with Crippen LogP contribution in [0.1, 0.15) is 30.1 Å². The normalized spacial score (nSPS) is 15.9. The second kappa shape index (κ2) is 5.69. The predicted octanol–water partition coefficient (Wildman–Crippen LogP) is 1.69. The minimum absolute atomic E-state index is 0.114. The molecule has 1 aliphatic rings. The van der Waals surface area contributed by atoms with Gasteiger partial charge in [-0.15, -0.1) is 0 Å². The summed E-state index contributed by atoms with van der Waals surface area (Å²) in [6, 6.07) is 7.11. The van der Waals surface area contributed by atoms with E-state index in [4.69, 9.17) is 0 Å². The molecule has 2 amide bonds. The number of hydrogen-bond donors (Lipinski definition) is 2. The second-order valence-corrected chi connectivity index (χ2v) is 5.62. The fourth-order valence-corrected chi connectivity index (χ4v) is 2.17. The molecule has 0 bridgehead atoms. The van der Waals surface area contributed by atoms with Gasteiger partial charge in [-0.2, -0.15) is 0 Å². The minimum Gasteiger partial charge on any atom is -0.352 e. The van der Waals surface area contributed by atoms with Crippen LogP contribution in [0, 0.1) is 3.57 Å². The van der Waals surface area contributed by atoms with Crippen molar-refractivity contribution in [1.82, 2.24) is 10.6 Å². The Labute approximate surface area is 120 Å². The summed E-state index contributed by atoms with van der Waals surface area (Å²) in [5, 5.41) is 5.58. The van der Waals surface area contributed by atoms with E-state index >= 15 is 0 Å². The van der Waals surface area contributed by atoms with E-state index < -0.39 is 6.04 Å². The van der Waals surface area contributed by atoms with Crippen LogP contribution in [0.4, 0.5) is 0 Å². The minimum atomic E-state index is -0.505. The number of benzene rings is 1. The van der Waals surface area contributed by atoms with E-state index in [1.165, 1.54) is 0 Å². The third-order valence-electron chi connectivity index (χ3n) is 2.78. The Bertz CT molecular complexity index is 472. The number of carbonyl (C=O) groups is 2. The van der Waals surface area contributed by atoms with Gasteiger partial charge >= 0.3 is 0 Å². The van der Waals surface area contributed by atoms with Gasteiger partial charge in [0.1, 0.15) is 6.04 Å². The third-order valence-corrected chi connectivity index (χ3v) is 3.72. The zero-order valence-corrected chi connectivity index (χ0v) is 12.2. The van der Waals surface area contributed by atoms with Crippen LogP contribution in [0.15, 0.2) is 24.3 Å². The number of halogens is 1. The van der Waals surface area contributed by atoms with Gasteiger partial charge in [0.2, 0.25) is 5.91 Å². The summed E-state index contributed by atoms with van der Waals surface area (Å²) in [5.74, 6) is -0.324. The van der Waals surface area contributed by atoms with Gasteiger partial charge in [-0.25, -0.2) is 0 Å². The van der Waals surface area contributed by atoms with Crippen LogP contribution in [0.5, 0.6) is 0 Å². The van der Waals surface area contributed by atoms with E-state index in [2.05, 4.69) is 33.2 Å². The monoisotopic (exact) mass is 358 g/mol. The SMILES string of the molecule is CC(NC(=O)c1ccccc1I)C(=O)NC1CC1. The summed E-state index contributed by atoms with van der Waals surface area (Å²) < 4.78 is 0.877. The topological polar surface area (TPSA) is 58.2 Å². The van der Waals surface area contributed by atoms with Gasteiger partial charge in [-0.3, -0.25) is 9.59 Å². The molecule has 96 valence electrons. The Balaban J connectivity index is 1.94. The van der Waals surface area contributed by atoms with E-state index in [0.29, 0.717) is 11.6 Å². The maximum Gasteiger partial charge on any atom is 0.252 e. The standard InChI is InChI=1S/C13H15IN2O2/c1-8(12(17)16-9-6-7-9)15-13(18)10-4-2-3-5-11(10)14/h2-5,8-9H,6-7H2,1H3,(H,15,18)(H,16,17). The summed E-state index contributed by atoms with van der Waals surface area (Å²) in [6.07, 6.45) is 2.09. The molecular weight excluding hydrogens is 343 g/mol. The molecule has 4 nitrogen and oxygen atoms in total. The van der Waals surface area contributed by atoms with Gasteiger partial charge in [0, 0.05) is 9.61 Å². The Hall–Kier alpha value is -1.11. The van der Waals surface area contributed by atoms with Crippen molar-refractivity contribution in [3.05, 3.63) is 33.4 Å². The summed E-state index contributed by atoms with van der Waals surface area (Å²) in [7, 11) is 0. The zero-order chi connectivity index (χ0) is 13.1. The molecule has 2 rings (SSSR count). The second-order valence-electron chi connectivity index (χ2n) is 4.46. The Kier molecular flexibility index (Phi) is 4.21. The quantitative estimate of drug-likeness (QED) is 0.805. The van der Waals surface area contributed by atoms with Crippen LogP contribution in [0.2, 0.25) is 0 Å². The highest BCUT2D eigenvalue weighted by molar-refractivity contribution is 14.1. The number of rotatable bonds is 4. The molecule has 0 spiro atoms. The molecule has 0 aromatic heterocycles. The number of amides is 2. The predicted molar refractivity (Wildman–Crippen MR) is 77.3 cm³/mol. The molecule has 1 atom stereocenters. The van der Waals surface area contributed by atoms with Crippen molar-refractivity contribution >= 4 is 34.4 Å². The molecule has 0 heterocycles. The van der Waals surface area contributed by atoms with Crippen LogP contribution in [0.3, 0.4) is 0 Å². The van der Waals surface area contributed by atoms with Gasteiger partial charge in [-0.05, 0) is 54.5 Å². The Morgan fingerprint density at radius 3 is 2.61 bits per heavy atom. The van der Waals surface area contributed by atoms with E-state index in [1.54, 1.807) is 13.0 Å². The first-order valence-corrected chi connectivity index (χ1v) is 7.01. The maximum absolute atomic E-state index is 12.0. The van der Waals surface area contributed by atoms with Crippen molar-refractivity contribution in [2.75, 3.05) is 0 Å². The molecule has 2 N–H and O–H groups in total. The van der Waals surface area contributed by atoms with Crippen LogP contribution < -0.4 is 10.6 Å². The van der Waals surface area contributed by atoms with Crippen molar-refractivity contribution in [3.63, 3.8) is 0 Å². The smallest absolute Gasteiger partial charge is 0.252 e. The molecule has 5 heteroatoms. The molecule has 1 fully saturated rings. The zero-order valence-electron chi connectivity index (χ0n) is 10.1. The molecule has 1 saturated carbocycles. The number of nitrogens with one attached hydrogen (secondary N) is 2. The average molecular weight is 358 g/mol.